The van der Waals surface area contributed by atoms with E-state index >= 15 is 0 Å². The first kappa shape index (κ1) is 20.5. The summed E-state index contributed by atoms with van der Waals surface area (Å²) in [6.45, 7) is 1.90. The number of aryl methyl sites for hydroxylation is 1. The van der Waals surface area contributed by atoms with Crippen molar-refractivity contribution in [2.24, 2.45) is 5.92 Å². The summed E-state index contributed by atoms with van der Waals surface area (Å²) < 4.78 is 16.0. The quantitative estimate of drug-likeness (QED) is 0.710. The fourth-order valence-electron chi connectivity index (χ4n) is 3.04. The summed E-state index contributed by atoms with van der Waals surface area (Å²) in [6, 6.07) is 8.99. The number of anilines is 2. The second-order valence-corrected chi connectivity index (χ2v) is 7.05. The molecule has 0 saturated heterocycles. The minimum Gasteiger partial charge on any atom is -0.493 e. The number of methoxy groups -OCH3 is 3. The van der Waals surface area contributed by atoms with E-state index in [0.29, 0.717) is 28.6 Å². The van der Waals surface area contributed by atoms with Crippen LogP contribution in [-0.2, 0) is 16.0 Å². The molecule has 0 radical (unpaired) electrons. The van der Waals surface area contributed by atoms with Crippen molar-refractivity contribution in [1.29, 1.82) is 0 Å². The molecular weight excluding hydrogens is 372 g/mol. The van der Waals surface area contributed by atoms with Gasteiger partial charge in [0.2, 0.25) is 17.6 Å². The number of amides is 2. The van der Waals surface area contributed by atoms with E-state index in [0.717, 1.165) is 24.0 Å². The highest BCUT2D eigenvalue weighted by Crippen LogP contribution is 2.38. The van der Waals surface area contributed by atoms with Crippen LogP contribution in [0.15, 0.2) is 30.3 Å². The summed E-state index contributed by atoms with van der Waals surface area (Å²) in [4.78, 5) is 24.6. The monoisotopic (exact) mass is 398 g/mol. The predicted molar refractivity (Wildman–Crippen MR) is 111 cm³/mol. The zero-order valence-electron chi connectivity index (χ0n) is 17.1. The van der Waals surface area contributed by atoms with Crippen molar-refractivity contribution in [3.8, 4) is 17.2 Å². The molecule has 0 spiro atoms. The molecule has 0 atom stereocenters. The molecule has 154 valence electrons. The molecule has 2 N–H and O–H groups in total. The highest BCUT2D eigenvalue weighted by Gasteiger charge is 2.29. The number of nitrogens with one attached hydrogen (secondary N) is 2. The van der Waals surface area contributed by atoms with Crippen molar-refractivity contribution < 1.29 is 23.8 Å². The Labute approximate surface area is 170 Å². The molecule has 0 aromatic heterocycles. The third kappa shape index (κ3) is 4.99. The molecule has 1 aliphatic carbocycles. The molecule has 0 bridgehead atoms. The lowest BCUT2D eigenvalue weighted by atomic mass is 10.1. The molecule has 0 heterocycles. The van der Waals surface area contributed by atoms with Crippen molar-refractivity contribution in [3.63, 3.8) is 0 Å². The van der Waals surface area contributed by atoms with E-state index in [-0.39, 0.29) is 24.2 Å². The molecule has 0 aliphatic heterocycles. The normalized spacial score (nSPS) is 12.8. The maximum Gasteiger partial charge on any atom is 0.228 e. The lowest BCUT2D eigenvalue weighted by Crippen LogP contribution is -2.17. The van der Waals surface area contributed by atoms with E-state index in [1.807, 2.05) is 19.1 Å². The van der Waals surface area contributed by atoms with Gasteiger partial charge in [0.15, 0.2) is 11.5 Å². The number of hydrogen-bond acceptors (Lipinski definition) is 5. The van der Waals surface area contributed by atoms with Crippen LogP contribution in [0.2, 0.25) is 0 Å². The van der Waals surface area contributed by atoms with Gasteiger partial charge in [0.1, 0.15) is 0 Å². The highest BCUT2D eigenvalue weighted by atomic mass is 16.5. The number of hydrogen-bond donors (Lipinski definition) is 2. The molecule has 1 aliphatic rings. The second-order valence-electron chi connectivity index (χ2n) is 7.05. The zero-order valence-corrected chi connectivity index (χ0v) is 17.1. The Morgan fingerprint density at radius 2 is 1.62 bits per heavy atom. The Balaban J connectivity index is 1.72. The maximum absolute atomic E-state index is 12.6. The van der Waals surface area contributed by atoms with Gasteiger partial charge in [-0.1, -0.05) is 6.07 Å². The Kier molecular flexibility index (Phi) is 6.26. The number of benzene rings is 2. The van der Waals surface area contributed by atoms with Crippen LogP contribution in [0, 0.1) is 12.8 Å². The number of ether oxygens (including phenoxy) is 3. The van der Waals surface area contributed by atoms with Gasteiger partial charge in [0.05, 0.1) is 27.8 Å². The lowest BCUT2D eigenvalue weighted by molar-refractivity contribution is -0.117. The van der Waals surface area contributed by atoms with E-state index in [1.165, 1.54) is 21.3 Å². The topological polar surface area (TPSA) is 85.9 Å². The largest absolute Gasteiger partial charge is 0.493 e. The van der Waals surface area contributed by atoms with Gasteiger partial charge in [-0.05, 0) is 55.2 Å². The first-order valence-electron chi connectivity index (χ1n) is 9.45. The fourth-order valence-corrected chi connectivity index (χ4v) is 3.04. The van der Waals surface area contributed by atoms with Crippen molar-refractivity contribution >= 4 is 23.2 Å². The van der Waals surface area contributed by atoms with E-state index in [2.05, 4.69) is 10.6 Å². The third-order valence-corrected chi connectivity index (χ3v) is 4.82. The van der Waals surface area contributed by atoms with Crippen LogP contribution in [0.4, 0.5) is 11.4 Å². The van der Waals surface area contributed by atoms with Gasteiger partial charge in [-0.15, -0.1) is 0 Å². The van der Waals surface area contributed by atoms with Crippen LogP contribution in [0.3, 0.4) is 0 Å². The first-order valence-corrected chi connectivity index (χ1v) is 9.45. The Morgan fingerprint density at radius 1 is 0.966 bits per heavy atom. The third-order valence-electron chi connectivity index (χ3n) is 4.82. The molecule has 1 saturated carbocycles. The Bertz CT molecular complexity index is 896. The minimum atomic E-state index is -0.187. The van der Waals surface area contributed by atoms with E-state index in [9.17, 15) is 9.59 Å². The van der Waals surface area contributed by atoms with Gasteiger partial charge >= 0.3 is 0 Å². The van der Waals surface area contributed by atoms with Crippen LogP contribution < -0.4 is 24.8 Å². The molecular formula is C22H26N2O5. The predicted octanol–water partition coefficient (Wildman–Crippen LogP) is 3.55. The van der Waals surface area contributed by atoms with Gasteiger partial charge in [-0.3, -0.25) is 9.59 Å². The molecule has 2 amide bonds. The summed E-state index contributed by atoms with van der Waals surface area (Å²) in [6.07, 6.45) is 2.01. The average Bonchev–Trinajstić information content (AvgIpc) is 3.55. The molecule has 0 unspecified atom stereocenters. The van der Waals surface area contributed by atoms with Crippen LogP contribution in [-0.4, -0.2) is 33.1 Å². The van der Waals surface area contributed by atoms with Gasteiger partial charge in [0.25, 0.3) is 0 Å². The standard InChI is InChI=1S/C22H26N2O5/c1-13-5-8-16(23-22(26)15-6-7-15)12-17(13)24-20(25)11-14-9-18(27-2)21(29-4)19(10-14)28-3/h5,8-10,12,15H,6-7,11H2,1-4H3,(H,23,26)(H,24,25). The number of rotatable bonds is 8. The molecule has 7 heteroatoms. The smallest absolute Gasteiger partial charge is 0.228 e. The summed E-state index contributed by atoms with van der Waals surface area (Å²) in [5.74, 6) is 1.44. The second kappa shape index (κ2) is 8.86. The van der Waals surface area contributed by atoms with E-state index < -0.39 is 0 Å². The van der Waals surface area contributed by atoms with Crippen LogP contribution in [0.1, 0.15) is 24.0 Å². The van der Waals surface area contributed by atoms with Crippen molar-refractivity contribution in [3.05, 3.63) is 41.5 Å². The van der Waals surface area contributed by atoms with Crippen LogP contribution in [0.25, 0.3) is 0 Å². The van der Waals surface area contributed by atoms with Gasteiger partial charge < -0.3 is 24.8 Å². The lowest BCUT2D eigenvalue weighted by Gasteiger charge is -2.15. The SMILES string of the molecule is COc1cc(CC(=O)Nc2cc(NC(=O)C3CC3)ccc2C)cc(OC)c1OC. The highest BCUT2D eigenvalue weighted by molar-refractivity contribution is 5.97. The molecule has 3 rings (SSSR count). The zero-order chi connectivity index (χ0) is 21.0. The van der Waals surface area contributed by atoms with Gasteiger partial charge in [0, 0.05) is 17.3 Å². The average molecular weight is 398 g/mol. The number of carbonyl (C=O) groups excluding carboxylic acids is 2. The summed E-state index contributed by atoms with van der Waals surface area (Å²) in [7, 11) is 4.60. The van der Waals surface area contributed by atoms with Crippen LogP contribution >= 0.6 is 0 Å². The van der Waals surface area contributed by atoms with E-state index in [1.54, 1.807) is 18.2 Å². The van der Waals surface area contributed by atoms with Gasteiger partial charge in [-0.25, -0.2) is 0 Å². The van der Waals surface area contributed by atoms with Crippen molar-refractivity contribution in [2.75, 3.05) is 32.0 Å². The van der Waals surface area contributed by atoms with Crippen molar-refractivity contribution in [1.82, 2.24) is 0 Å². The summed E-state index contributed by atoms with van der Waals surface area (Å²) in [5, 5.41) is 5.82. The molecule has 2 aromatic rings. The maximum atomic E-state index is 12.6. The van der Waals surface area contributed by atoms with Crippen LogP contribution in [0.5, 0.6) is 17.2 Å². The number of carbonyl (C=O) groups is 2. The Morgan fingerprint density at radius 3 is 2.17 bits per heavy atom. The molecule has 2 aromatic carbocycles. The minimum absolute atomic E-state index is 0.0311. The van der Waals surface area contributed by atoms with Crippen molar-refractivity contribution in [2.45, 2.75) is 26.2 Å². The molecule has 7 nitrogen and oxygen atoms in total. The molecule has 29 heavy (non-hydrogen) atoms. The summed E-state index contributed by atoms with van der Waals surface area (Å²) >= 11 is 0. The fraction of sp³-hybridized carbons (Fsp3) is 0.364. The Hall–Kier alpha value is -3.22. The van der Waals surface area contributed by atoms with Gasteiger partial charge in [-0.2, -0.15) is 0 Å². The molecule has 1 fully saturated rings. The summed E-state index contributed by atoms with van der Waals surface area (Å²) in [5.41, 5.74) is 2.98. The van der Waals surface area contributed by atoms with E-state index in [4.69, 9.17) is 14.2 Å². The first-order chi connectivity index (χ1) is 13.9.